The lowest BCUT2D eigenvalue weighted by Crippen LogP contribution is -2.40. The van der Waals surface area contributed by atoms with Crippen molar-refractivity contribution in [2.24, 2.45) is 0 Å². The second kappa shape index (κ2) is 8.09. The molecule has 1 aliphatic rings. The number of likely N-dealkylation sites (tertiary alicyclic amines) is 1. The molecule has 2 aromatic rings. The maximum absolute atomic E-state index is 14.1. The minimum Gasteiger partial charge on any atom is -0.364 e. The molecule has 0 spiro atoms. The number of likely N-dealkylation sites (N-methyl/N-ethyl adjacent to an activating group) is 1. The average Bonchev–Trinajstić information content (AvgIpc) is 3.09. The van der Waals surface area contributed by atoms with Gasteiger partial charge in [-0.2, -0.15) is 5.26 Å². The molecule has 1 aliphatic heterocycles. The summed E-state index contributed by atoms with van der Waals surface area (Å²) in [5, 5.41) is 9.44. The smallest absolute Gasteiger partial charge is 0.143 e. The van der Waals surface area contributed by atoms with E-state index in [-0.39, 0.29) is 5.56 Å². The zero-order valence-corrected chi connectivity index (χ0v) is 14.5. The Kier molecular flexibility index (Phi) is 5.62. The van der Waals surface area contributed by atoms with Crippen molar-refractivity contribution < 1.29 is 4.39 Å². The van der Waals surface area contributed by atoms with E-state index in [2.05, 4.69) is 21.7 Å². The van der Waals surface area contributed by atoms with Crippen molar-refractivity contribution in [2.45, 2.75) is 32.4 Å². The number of hydrogen-bond acceptors (Lipinski definition) is 4. The van der Waals surface area contributed by atoms with Crippen LogP contribution in [-0.2, 0) is 6.54 Å². The Balaban J connectivity index is 1.92. The average molecular weight is 338 g/mol. The van der Waals surface area contributed by atoms with E-state index in [9.17, 15) is 9.65 Å². The molecule has 2 heterocycles. The van der Waals surface area contributed by atoms with Crippen molar-refractivity contribution in [3.05, 3.63) is 59.7 Å². The quantitative estimate of drug-likeness (QED) is 0.807. The van der Waals surface area contributed by atoms with E-state index in [1.807, 2.05) is 24.3 Å². The van der Waals surface area contributed by atoms with Crippen molar-refractivity contribution in [1.82, 2.24) is 9.88 Å². The number of benzene rings is 1. The summed E-state index contributed by atoms with van der Waals surface area (Å²) in [6.45, 7) is 5.72. The monoisotopic (exact) mass is 338 g/mol. The highest BCUT2D eigenvalue weighted by Crippen LogP contribution is 2.27. The van der Waals surface area contributed by atoms with Crippen molar-refractivity contribution in [3.8, 4) is 6.07 Å². The summed E-state index contributed by atoms with van der Waals surface area (Å²) < 4.78 is 14.1. The molecule has 1 aromatic heterocycles. The van der Waals surface area contributed by atoms with Crippen LogP contribution in [0.2, 0.25) is 0 Å². The highest BCUT2D eigenvalue weighted by atomic mass is 19.1. The largest absolute Gasteiger partial charge is 0.364 e. The van der Waals surface area contributed by atoms with Gasteiger partial charge in [0, 0.05) is 31.5 Å². The lowest BCUT2D eigenvalue weighted by Gasteiger charge is -2.32. The molecular formula is C20H23FN4. The van der Waals surface area contributed by atoms with Crippen LogP contribution in [0.3, 0.4) is 0 Å². The summed E-state index contributed by atoms with van der Waals surface area (Å²) >= 11 is 0. The van der Waals surface area contributed by atoms with Gasteiger partial charge in [0.25, 0.3) is 0 Å². The van der Waals surface area contributed by atoms with E-state index >= 15 is 0 Å². The summed E-state index contributed by atoms with van der Waals surface area (Å²) in [7, 11) is 0. The molecule has 4 nitrogen and oxygen atoms in total. The van der Waals surface area contributed by atoms with Crippen LogP contribution in [0.15, 0.2) is 42.7 Å². The minimum atomic E-state index is -0.460. The molecule has 0 N–H and O–H groups in total. The Bertz CT molecular complexity index is 741. The fourth-order valence-electron chi connectivity index (χ4n) is 3.62. The van der Waals surface area contributed by atoms with Crippen molar-refractivity contribution in [2.75, 3.05) is 24.5 Å². The van der Waals surface area contributed by atoms with Crippen molar-refractivity contribution in [3.63, 3.8) is 0 Å². The van der Waals surface area contributed by atoms with Crippen LogP contribution in [0.1, 0.15) is 30.9 Å². The molecule has 3 rings (SSSR count). The van der Waals surface area contributed by atoms with E-state index < -0.39 is 5.82 Å². The molecule has 0 bridgehead atoms. The third-order valence-corrected chi connectivity index (χ3v) is 4.90. The molecular weight excluding hydrogens is 315 g/mol. The Morgan fingerprint density at radius 1 is 1.32 bits per heavy atom. The van der Waals surface area contributed by atoms with Gasteiger partial charge in [-0.1, -0.05) is 13.0 Å². The van der Waals surface area contributed by atoms with Gasteiger partial charge in [0.15, 0.2) is 0 Å². The van der Waals surface area contributed by atoms with Crippen LogP contribution in [0.5, 0.6) is 0 Å². The number of nitrogens with zero attached hydrogens (tertiary/aromatic N) is 4. The lowest BCUT2D eigenvalue weighted by atomic mass is 10.1. The van der Waals surface area contributed by atoms with Gasteiger partial charge in [-0.15, -0.1) is 0 Å². The third-order valence-electron chi connectivity index (χ3n) is 4.90. The Labute approximate surface area is 148 Å². The maximum atomic E-state index is 14.1. The first kappa shape index (κ1) is 17.4. The van der Waals surface area contributed by atoms with Gasteiger partial charge in [0.1, 0.15) is 17.4 Å². The van der Waals surface area contributed by atoms with E-state index in [1.165, 1.54) is 12.5 Å². The first-order chi connectivity index (χ1) is 12.2. The molecule has 1 aromatic carbocycles. The molecule has 0 radical (unpaired) electrons. The van der Waals surface area contributed by atoms with E-state index in [0.29, 0.717) is 18.3 Å². The predicted molar refractivity (Wildman–Crippen MR) is 96.7 cm³/mol. The normalized spacial score (nSPS) is 17.4. The topological polar surface area (TPSA) is 43.2 Å². The van der Waals surface area contributed by atoms with Crippen molar-refractivity contribution in [1.29, 1.82) is 5.26 Å². The lowest BCUT2D eigenvalue weighted by molar-refractivity contribution is 0.268. The number of anilines is 1. The highest BCUT2D eigenvalue weighted by molar-refractivity contribution is 5.60. The van der Waals surface area contributed by atoms with Crippen LogP contribution < -0.4 is 4.90 Å². The van der Waals surface area contributed by atoms with Crippen LogP contribution in [0.25, 0.3) is 0 Å². The molecule has 5 heteroatoms. The summed E-state index contributed by atoms with van der Waals surface area (Å²) in [4.78, 5) is 8.66. The molecule has 25 heavy (non-hydrogen) atoms. The second-order valence-corrected chi connectivity index (χ2v) is 6.41. The fourth-order valence-corrected chi connectivity index (χ4v) is 3.62. The number of hydrogen-bond donors (Lipinski definition) is 0. The minimum absolute atomic E-state index is 0.123. The second-order valence-electron chi connectivity index (χ2n) is 6.41. The van der Waals surface area contributed by atoms with Gasteiger partial charge >= 0.3 is 0 Å². The van der Waals surface area contributed by atoms with E-state index in [1.54, 1.807) is 18.5 Å². The van der Waals surface area contributed by atoms with Gasteiger partial charge in [0.2, 0.25) is 0 Å². The molecule has 130 valence electrons. The Morgan fingerprint density at radius 3 is 2.84 bits per heavy atom. The number of halogens is 1. The molecule has 0 saturated carbocycles. The fraction of sp³-hybridized carbons (Fsp3) is 0.400. The third kappa shape index (κ3) is 3.97. The van der Waals surface area contributed by atoms with E-state index in [0.717, 1.165) is 31.6 Å². The van der Waals surface area contributed by atoms with Crippen LogP contribution in [0.4, 0.5) is 10.1 Å². The molecule has 1 atom stereocenters. The van der Waals surface area contributed by atoms with Crippen LogP contribution >= 0.6 is 0 Å². The Hall–Kier alpha value is -2.45. The summed E-state index contributed by atoms with van der Waals surface area (Å²) in [6, 6.07) is 11.3. The van der Waals surface area contributed by atoms with E-state index in [4.69, 9.17) is 0 Å². The van der Waals surface area contributed by atoms with Gasteiger partial charge in [0.05, 0.1) is 5.69 Å². The number of aromatic nitrogens is 1. The van der Waals surface area contributed by atoms with Crippen LogP contribution in [0, 0.1) is 17.1 Å². The van der Waals surface area contributed by atoms with Crippen molar-refractivity contribution >= 4 is 5.69 Å². The summed E-state index contributed by atoms with van der Waals surface area (Å²) in [6.07, 6.45) is 5.85. The molecule has 1 unspecified atom stereocenters. The summed E-state index contributed by atoms with van der Waals surface area (Å²) in [5.41, 5.74) is 1.89. The van der Waals surface area contributed by atoms with Crippen LogP contribution in [-0.4, -0.2) is 35.6 Å². The number of nitriles is 1. The molecule has 0 aliphatic carbocycles. The van der Waals surface area contributed by atoms with Gasteiger partial charge < -0.3 is 4.90 Å². The number of rotatable bonds is 6. The standard InChI is InChI=1S/C20H23FN4/c1-2-24-12-4-5-17(24)15-25(14-16-8-10-23-11-9-16)20-7-3-6-19(21)18(20)13-22/h3,6-11,17H,2,4-5,12,14-15H2,1H3. The predicted octanol–water partition coefficient (Wildman–Crippen LogP) is 3.58. The van der Waals surface area contributed by atoms with Gasteiger partial charge in [-0.25, -0.2) is 4.39 Å². The summed E-state index contributed by atoms with van der Waals surface area (Å²) in [5.74, 6) is -0.460. The number of pyridine rings is 1. The first-order valence-electron chi connectivity index (χ1n) is 8.79. The maximum Gasteiger partial charge on any atom is 0.143 e. The molecule has 1 fully saturated rings. The molecule has 0 amide bonds. The van der Waals surface area contributed by atoms with Gasteiger partial charge in [-0.05, 0) is 55.8 Å². The zero-order chi connectivity index (χ0) is 17.6. The van der Waals surface area contributed by atoms with Gasteiger partial charge in [-0.3, -0.25) is 9.88 Å². The Morgan fingerprint density at radius 2 is 2.12 bits per heavy atom. The highest BCUT2D eigenvalue weighted by Gasteiger charge is 2.26. The zero-order valence-electron chi connectivity index (χ0n) is 14.5. The SMILES string of the molecule is CCN1CCCC1CN(Cc1ccncc1)c1cccc(F)c1C#N. The first-order valence-corrected chi connectivity index (χ1v) is 8.79. The molecule has 1 saturated heterocycles.